The molecule has 0 aromatic heterocycles. The number of carbonyl (C=O) groups is 4. The van der Waals surface area contributed by atoms with Crippen molar-refractivity contribution in [1.29, 1.82) is 0 Å². The maximum Gasteiger partial charge on any atom is 0.317 e. The monoisotopic (exact) mass is 428 g/mol. The van der Waals surface area contributed by atoms with Gasteiger partial charge in [0, 0.05) is 0 Å². The van der Waals surface area contributed by atoms with Crippen molar-refractivity contribution in [3.05, 3.63) is 12.2 Å². The van der Waals surface area contributed by atoms with Crippen LogP contribution in [0.1, 0.15) is 84.0 Å². The number of rotatable bonds is 14. The van der Waals surface area contributed by atoms with Crippen molar-refractivity contribution >= 4 is 23.9 Å². The summed E-state index contributed by atoms with van der Waals surface area (Å²) in [6.07, 6.45) is 14.8. The second-order valence-corrected chi connectivity index (χ2v) is 7.66. The van der Waals surface area contributed by atoms with Gasteiger partial charge in [-0.15, -0.1) is 0 Å². The van der Waals surface area contributed by atoms with Gasteiger partial charge in [-0.1, -0.05) is 76.9 Å². The maximum absolute atomic E-state index is 10.6. The molecule has 2 atom stereocenters. The van der Waals surface area contributed by atoms with Crippen molar-refractivity contribution in [2.45, 2.75) is 84.0 Å². The summed E-state index contributed by atoms with van der Waals surface area (Å²) in [6, 6.07) is 0. The van der Waals surface area contributed by atoms with E-state index in [0.717, 1.165) is 12.8 Å². The van der Waals surface area contributed by atoms with Crippen LogP contribution in [0.4, 0.5) is 0 Å². The van der Waals surface area contributed by atoms with Gasteiger partial charge in [-0.05, 0) is 19.3 Å². The molecule has 172 valence electrons. The van der Waals surface area contributed by atoms with Crippen molar-refractivity contribution in [2.24, 2.45) is 17.8 Å². The van der Waals surface area contributed by atoms with Crippen LogP contribution in [0.15, 0.2) is 12.2 Å². The molecule has 8 heteroatoms. The van der Waals surface area contributed by atoms with Gasteiger partial charge in [0.2, 0.25) is 0 Å². The number of carboxylic acid groups (broad SMARTS) is 4. The third-order valence-electron chi connectivity index (χ3n) is 5.22. The van der Waals surface area contributed by atoms with Gasteiger partial charge in [0.25, 0.3) is 0 Å². The molecule has 1 rings (SSSR count). The van der Waals surface area contributed by atoms with Gasteiger partial charge in [-0.25, -0.2) is 0 Å². The van der Waals surface area contributed by atoms with Crippen LogP contribution in [0.2, 0.25) is 0 Å². The molecule has 0 aromatic carbocycles. The summed E-state index contributed by atoms with van der Waals surface area (Å²) in [5.41, 5.74) is 0. The van der Waals surface area contributed by atoms with Crippen LogP contribution in [-0.4, -0.2) is 44.3 Å². The van der Waals surface area contributed by atoms with Crippen LogP contribution >= 0.6 is 0 Å². The fourth-order valence-corrected chi connectivity index (χ4v) is 3.38. The smallest absolute Gasteiger partial charge is 0.317 e. The lowest BCUT2D eigenvalue weighted by Gasteiger charge is -2.19. The van der Waals surface area contributed by atoms with Gasteiger partial charge >= 0.3 is 23.9 Å². The first kappa shape index (κ1) is 27.6. The van der Waals surface area contributed by atoms with Crippen LogP contribution in [0.25, 0.3) is 0 Å². The zero-order chi connectivity index (χ0) is 22.9. The number of carboxylic acids is 4. The lowest BCUT2D eigenvalue weighted by Crippen LogP contribution is -2.30. The highest BCUT2D eigenvalue weighted by Gasteiger charge is 2.32. The van der Waals surface area contributed by atoms with E-state index in [1.165, 1.54) is 44.6 Å². The van der Waals surface area contributed by atoms with Gasteiger partial charge in [-0.2, -0.15) is 0 Å². The molecular formula is C22H36O8. The molecule has 30 heavy (non-hydrogen) atoms. The van der Waals surface area contributed by atoms with Crippen LogP contribution in [0.5, 0.6) is 0 Å². The molecule has 4 N–H and O–H groups in total. The molecule has 1 aliphatic carbocycles. The molecule has 0 spiro atoms. The Morgan fingerprint density at radius 3 is 1.70 bits per heavy atom. The minimum Gasteiger partial charge on any atom is -0.481 e. The Hall–Kier alpha value is -2.38. The lowest BCUT2D eigenvalue weighted by atomic mass is 9.84. The zero-order valence-electron chi connectivity index (χ0n) is 17.8. The van der Waals surface area contributed by atoms with E-state index in [1.54, 1.807) is 6.08 Å². The molecule has 0 heterocycles. The Morgan fingerprint density at radius 1 is 0.800 bits per heavy atom. The molecule has 1 aliphatic rings. The van der Waals surface area contributed by atoms with Crippen molar-refractivity contribution in [3.8, 4) is 0 Å². The molecule has 0 amide bonds. The summed E-state index contributed by atoms with van der Waals surface area (Å²) in [5, 5.41) is 34.7. The van der Waals surface area contributed by atoms with Crippen molar-refractivity contribution in [1.82, 2.24) is 0 Å². The van der Waals surface area contributed by atoms with E-state index in [1.807, 2.05) is 0 Å². The number of allylic oxidation sites excluding steroid dienone is 1. The number of aliphatic carboxylic acids is 4. The third-order valence-corrected chi connectivity index (χ3v) is 5.22. The van der Waals surface area contributed by atoms with E-state index in [4.69, 9.17) is 20.4 Å². The Labute approximate surface area is 178 Å². The highest BCUT2D eigenvalue weighted by Crippen LogP contribution is 2.25. The largest absolute Gasteiger partial charge is 0.481 e. The molecule has 0 saturated heterocycles. The maximum atomic E-state index is 10.6. The van der Waals surface area contributed by atoms with Crippen LogP contribution < -0.4 is 0 Å². The van der Waals surface area contributed by atoms with E-state index in [0.29, 0.717) is 19.3 Å². The first-order valence-corrected chi connectivity index (χ1v) is 10.8. The molecule has 0 radical (unpaired) electrons. The second-order valence-electron chi connectivity index (χ2n) is 7.66. The molecule has 0 saturated carbocycles. The average molecular weight is 429 g/mol. The Kier molecular flexibility index (Phi) is 15.1. The van der Waals surface area contributed by atoms with Crippen molar-refractivity contribution < 1.29 is 39.6 Å². The summed E-state index contributed by atoms with van der Waals surface area (Å²) in [6.45, 7) is 2.20. The number of hydrogen-bond acceptors (Lipinski definition) is 4. The van der Waals surface area contributed by atoms with E-state index in [2.05, 4.69) is 6.92 Å². The molecule has 0 fully saturated rings. The lowest BCUT2D eigenvalue weighted by molar-refractivity contribution is -0.155. The summed E-state index contributed by atoms with van der Waals surface area (Å²) in [4.78, 5) is 42.4. The number of unbranched alkanes of at least 4 members (excludes halogenated alkanes) is 8. The summed E-state index contributed by atoms with van der Waals surface area (Å²) < 4.78 is 0. The summed E-state index contributed by atoms with van der Waals surface area (Å²) in [7, 11) is 0. The van der Waals surface area contributed by atoms with E-state index in [9.17, 15) is 19.2 Å². The first-order chi connectivity index (χ1) is 14.2. The predicted molar refractivity (Wildman–Crippen MR) is 111 cm³/mol. The minimum atomic E-state index is -1.23. The van der Waals surface area contributed by atoms with Crippen LogP contribution in [0, 0.1) is 17.8 Å². The fourth-order valence-electron chi connectivity index (χ4n) is 3.38. The molecular weight excluding hydrogens is 392 g/mol. The fraction of sp³-hybridized carbons (Fsp3) is 0.727. The average Bonchev–Trinajstić information content (AvgIpc) is 2.69. The van der Waals surface area contributed by atoms with Crippen molar-refractivity contribution in [3.63, 3.8) is 0 Å². The van der Waals surface area contributed by atoms with E-state index < -0.39 is 41.6 Å². The van der Waals surface area contributed by atoms with Crippen molar-refractivity contribution in [2.75, 3.05) is 0 Å². The second kappa shape index (κ2) is 16.4. The quantitative estimate of drug-likeness (QED) is 0.180. The predicted octanol–water partition coefficient (Wildman–Crippen LogP) is 4.43. The van der Waals surface area contributed by atoms with E-state index in [-0.39, 0.29) is 6.42 Å². The van der Waals surface area contributed by atoms with Gasteiger partial charge < -0.3 is 20.4 Å². The summed E-state index contributed by atoms with van der Waals surface area (Å²) in [5.74, 6) is -7.35. The SMILES string of the molecule is CCCCCCCCCCCC(C(=O)O)C(=O)O.O=C(O)C1C=CCCC1C(=O)O. The van der Waals surface area contributed by atoms with Gasteiger partial charge in [0.1, 0.15) is 0 Å². The zero-order valence-corrected chi connectivity index (χ0v) is 17.8. The molecule has 0 aromatic rings. The van der Waals surface area contributed by atoms with Crippen LogP contribution in [0.3, 0.4) is 0 Å². The number of hydrogen-bond donors (Lipinski definition) is 4. The highest BCUT2D eigenvalue weighted by atomic mass is 16.4. The van der Waals surface area contributed by atoms with Gasteiger partial charge in [0.15, 0.2) is 5.92 Å². The first-order valence-electron chi connectivity index (χ1n) is 10.8. The molecule has 8 nitrogen and oxygen atoms in total. The van der Waals surface area contributed by atoms with E-state index >= 15 is 0 Å². The highest BCUT2D eigenvalue weighted by molar-refractivity contribution is 5.92. The van der Waals surface area contributed by atoms with Gasteiger partial charge in [0.05, 0.1) is 11.8 Å². The van der Waals surface area contributed by atoms with Crippen LogP contribution in [-0.2, 0) is 19.2 Å². The molecule has 2 unspecified atom stereocenters. The van der Waals surface area contributed by atoms with Gasteiger partial charge in [-0.3, -0.25) is 19.2 Å². The standard InChI is InChI=1S/C14H26O4.C8H10O4/c1-2-3-4-5-6-7-8-9-10-11-12(13(15)16)14(17)18;9-7(10)5-3-1-2-4-6(5)8(11)12/h12H,2-11H2,1H3,(H,15,16)(H,17,18);1,3,5-6H,2,4H2,(H,9,10)(H,11,12). The minimum absolute atomic E-state index is 0.250. The summed E-state index contributed by atoms with van der Waals surface area (Å²) >= 11 is 0. The Bertz CT molecular complexity index is 555. The topological polar surface area (TPSA) is 149 Å². The third kappa shape index (κ3) is 12.2. The molecule has 0 aliphatic heterocycles. The Morgan fingerprint density at radius 2 is 1.30 bits per heavy atom. The Balaban J connectivity index is 0.000000604. The molecule has 0 bridgehead atoms. The normalized spacial score (nSPS) is 17.8.